The van der Waals surface area contributed by atoms with E-state index in [1.165, 1.54) is 0 Å². The highest BCUT2D eigenvalue weighted by molar-refractivity contribution is 5.85. The maximum Gasteiger partial charge on any atom is 0.236 e. The summed E-state index contributed by atoms with van der Waals surface area (Å²) in [5, 5.41) is 0. The summed E-state index contributed by atoms with van der Waals surface area (Å²) in [6, 6.07) is 9.97. The quantitative estimate of drug-likeness (QED) is 0.893. The minimum atomic E-state index is -0.0191. The summed E-state index contributed by atoms with van der Waals surface area (Å²) in [5.41, 5.74) is 6.59. The third-order valence-electron chi connectivity index (χ3n) is 3.19. The zero-order valence-corrected chi connectivity index (χ0v) is 11.8. The van der Waals surface area contributed by atoms with E-state index in [4.69, 9.17) is 10.5 Å². The standard InChI is InChI=1S/C14H20N2O2.ClH/c15-9-14(17)16(11-13-7-4-8-18-13)10-12-5-2-1-3-6-12;/h1-3,5-6,13H,4,7-11,15H2;1H. The number of hydrogen-bond donors (Lipinski definition) is 1. The number of amides is 1. The lowest BCUT2D eigenvalue weighted by atomic mass is 10.2. The van der Waals surface area contributed by atoms with Crippen molar-refractivity contribution in [3.8, 4) is 0 Å². The topological polar surface area (TPSA) is 55.6 Å². The highest BCUT2D eigenvalue weighted by Gasteiger charge is 2.21. The van der Waals surface area contributed by atoms with E-state index in [2.05, 4.69) is 0 Å². The Kier molecular flexibility index (Phi) is 6.84. The van der Waals surface area contributed by atoms with Gasteiger partial charge >= 0.3 is 0 Å². The molecular weight excluding hydrogens is 264 g/mol. The van der Waals surface area contributed by atoms with Gasteiger partial charge in [-0.1, -0.05) is 30.3 Å². The molecule has 0 bridgehead atoms. The minimum absolute atomic E-state index is 0. The van der Waals surface area contributed by atoms with Crippen molar-refractivity contribution in [1.29, 1.82) is 0 Å². The Balaban J connectivity index is 0.00000180. The molecule has 19 heavy (non-hydrogen) atoms. The SMILES string of the molecule is Cl.NCC(=O)N(Cc1ccccc1)CC1CCCO1. The first-order chi connectivity index (χ1) is 8.79. The molecule has 106 valence electrons. The number of carbonyl (C=O) groups excluding carboxylic acids is 1. The Morgan fingerprint density at radius 1 is 1.37 bits per heavy atom. The normalized spacial score (nSPS) is 17.8. The molecule has 1 aliphatic heterocycles. The molecule has 0 aromatic heterocycles. The monoisotopic (exact) mass is 284 g/mol. The summed E-state index contributed by atoms with van der Waals surface area (Å²) in [5.74, 6) is -0.0191. The van der Waals surface area contributed by atoms with Gasteiger partial charge in [-0.3, -0.25) is 4.79 Å². The molecule has 1 saturated heterocycles. The molecule has 1 aromatic rings. The Morgan fingerprint density at radius 3 is 2.68 bits per heavy atom. The van der Waals surface area contributed by atoms with Gasteiger partial charge in [-0.15, -0.1) is 12.4 Å². The van der Waals surface area contributed by atoms with Crippen LogP contribution in [0, 0.1) is 0 Å². The summed E-state index contributed by atoms with van der Waals surface area (Å²) in [4.78, 5) is 13.6. The molecule has 0 aliphatic carbocycles. The molecule has 1 heterocycles. The van der Waals surface area contributed by atoms with Crippen LogP contribution in [0.5, 0.6) is 0 Å². The molecule has 1 unspecified atom stereocenters. The summed E-state index contributed by atoms with van der Waals surface area (Å²) >= 11 is 0. The van der Waals surface area contributed by atoms with Crippen molar-refractivity contribution in [2.24, 2.45) is 5.73 Å². The van der Waals surface area contributed by atoms with Gasteiger partial charge in [0, 0.05) is 19.7 Å². The number of nitrogens with zero attached hydrogens (tertiary/aromatic N) is 1. The van der Waals surface area contributed by atoms with Crippen molar-refractivity contribution in [2.75, 3.05) is 19.7 Å². The van der Waals surface area contributed by atoms with E-state index in [-0.39, 0.29) is 31.0 Å². The Labute approximate surface area is 120 Å². The lowest BCUT2D eigenvalue weighted by Gasteiger charge is -2.25. The van der Waals surface area contributed by atoms with Crippen molar-refractivity contribution >= 4 is 18.3 Å². The van der Waals surface area contributed by atoms with E-state index in [1.54, 1.807) is 4.90 Å². The van der Waals surface area contributed by atoms with Crippen molar-refractivity contribution in [3.63, 3.8) is 0 Å². The number of halogens is 1. The van der Waals surface area contributed by atoms with Crippen LogP contribution < -0.4 is 5.73 Å². The van der Waals surface area contributed by atoms with E-state index < -0.39 is 0 Å². The second kappa shape index (κ2) is 8.15. The van der Waals surface area contributed by atoms with Crippen molar-refractivity contribution in [3.05, 3.63) is 35.9 Å². The second-order valence-electron chi connectivity index (χ2n) is 4.60. The highest BCUT2D eigenvalue weighted by Crippen LogP contribution is 2.15. The van der Waals surface area contributed by atoms with Crippen LogP contribution in [0.2, 0.25) is 0 Å². The third-order valence-corrected chi connectivity index (χ3v) is 3.19. The van der Waals surface area contributed by atoms with Gasteiger partial charge in [-0.25, -0.2) is 0 Å². The van der Waals surface area contributed by atoms with Crippen molar-refractivity contribution in [2.45, 2.75) is 25.5 Å². The Hall–Kier alpha value is -1.10. The van der Waals surface area contributed by atoms with Crippen LogP contribution in [0.15, 0.2) is 30.3 Å². The molecule has 1 atom stereocenters. The fraction of sp³-hybridized carbons (Fsp3) is 0.500. The largest absolute Gasteiger partial charge is 0.376 e. The second-order valence-corrected chi connectivity index (χ2v) is 4.60. The zero-order valence-electron chi connectivity index (χ0n) is 11.0. The van der Waals surface area contributed by atoms with E-state index >= 15 is 0 Å². The van der Waals surface area contributed by atoms with E-state index in [0.29, 0.717) is 13.1 Å². The minimum Gasteiger partial charge on any atom is -0.376 e. The average Bonchev–Trinajstić information content (AvgIpc) is 2.91. The number of rotatable bonds is 5. The first-order valence-electron chi connectivity index (χ1n) is 6.43. The van der Waals surface area contributed by atoms with Crippen LogP contribution in [-0.4, -0.2) is 36.6 Å². The molecule has 0 spiro atoms. The molecule has 0 saturated carbocycles. The summed E-state index contributed by atoms with van der Waals surface area (Å²) in [7, 11) is 0. The van der Waals surface area contributed by atoms with Gasteiger partial charge in [-0.2, -0.15) is 0 Å². The van der Waals surface area contributed by atoms with Gasteiger partial charge in [0.15, 0.2) is 0 Å². The fourth-order valence-corrected chi connectivity index (χ4v) is 2.22. The fourth-order valence-electron chi connectivity index (χ4n) is 2.22. The average molecular weight is 285 g/mol. The Morgan fingerprint density at radius 2 is 2.11 bits per heavy atom. The van der Waals surface area contributed by atoms with Crippen LogP contribution in [0.25, 0.3) is 0 Å². The molecule has 2 rings (SSSR count). The molecule has 1 aliphatic rings. The van der Waals surface area contributed by atoms with Crippen LogP contribution >= 0.6 is 12.4 Å². The van der Waals surface area contributed by atoms with Crippen molar-refractivity contribution in [1.82, 2.24) is 4.90 Å². The summed E-state index contributed by atoms with van der Waals surface area (Å²) < 4.78 is 5.58. The molecular formula is C14H21ClN2O2. The maximum absolute atomic E-state index is 11.8. The number of carbonyl (C=O) groups is 1. The smallest absolute Gasteiger partial charge is 0.236 e. The first kappa shape index (κ1) is 16.0. The van der Waals surface area contributed by atoms with Crippen LogP contribution in [0.3, 0.4) is 0 Å². The number of nitrogens with two attached hydrogens (primary N) is 1. The van der Waals surface area contributed by atoms with E-state index in [0.717, 1.165) is 25.0 Å². The summed E-state index contributed by atoms with van der Waals surface area (Å²) in [6.07, 6.45) is 2.29. The van der Waals surface area contributed by atoms with Gasteiger partial charge in [0.05, 0.1) is 12.6 Å². The van der Waals surface area contributed by atoms with E-state index in [1.807, 2.05) is 30.3 Å². The van der Waals surface area contributed by atoms with Crippen LogP contribution in [0.1, 0.15) is 18.4 Å². The molecule has 4 nitrogen and oxygen atoms in total. The van der Waals surface area contributed by atoms with Crippen molar-refractivity contribution < 1.29 is 9.53 Å². The van der Waals surface area contributed by atoms with Gasteiger partial charge in [-0.05, 0) is 18.4 Å². The Bertz CT molecular complexity index is 380. The van der Waals surface area contributed by atoms with Crippen LogP contribution in [0.4, 0.5) is 0 Å². The number of benzene rings is 1. The van der Waals surface area contributed by atoms with Gasteiger partial charge in [0.1, 0.15) is 0 Å². The van der Waals surface area contributed by atoms with Gasteiger partial charge in [0.2, 0.25) is 5.91 Å². The first-order valence-corrected chi connectivity index (χ1v) is 6.43. The highest BCUT2D eigenvalue weighted by atomic mass is 35.5. The van der Waals surface area contributed by atoms with Gasteiger partial charge < -0.3 is 15.4 Å². The molecule has 0 radical (unpaired) electrons. The van der Waals surface area contributed by atoms with Crippen LogP contribution in [-0.2, 0) is 16.1 Å². The molecule has 1 fully saturated rings. The predicted molar refractivity (Wildman–Crippen MR) is 77.1 cm³/mol. The third kappa shape index (κ3) is 4.82. The molecule has 1 aromatic carbocycles. The van der Waals surface area contributed by atoms with E-state index in [9.17, 15) is 4.79 Å². The molecule has 2 N–H and O–H groups in total. The maximum atomic E-state index is 11.8. The lowest BCUT2D eigenvalue weighted by molar-refractivity contribution is -0.131. The van der Waals surface area contributed by atoms with Gasteiger partial charge in [0.25, 0.3) is 0 Å². The molecule has 1 amide bonds. The number of ether oxygens (including phenoxy) is 1. The molecule has 5 heteroatoms. The lowest BCUT2D eigenvalue weighted by Crippen LogP contribution is -2.40. The zero-order chi connectivity index (χ0) is 12.8. The predicted octanol–water partition coefficient (Wildman–Crippen LogP) is 1.57. The summed E-state index contributed by atoms with van der Waals surface area (Å²) in [6.45, 7) is 2.11. The number of hydrogen-bond acceptors (Lipinski definition) is 3.